The van der Waals surface area contributed by atoms with Gasteiger partial charge in [-0.3, -0.25) is 5.43 Å². The third kappa shape index (κ3) is 4.04. The lowest BCUT2D eigenvalue weighted by molar-refractivity contribution is 0.190. The number of nitrogens with one attached hydrogen (secondary N) is 2. The lowest BCUT2D eigenvalue weighted by Gasteiger charge is -2.45. The fourth-order valence-corrected chi connectivity index (χ4v) is 4.82. The van der Waals surface area contributed by atoms with E-state index in [2.05, 4.69) is 23.0 Å². The summed E-state index contributed by atoms with van der Waals surface area (Å²) in [6, 6.07) is 13.1. The zero-order chi connectivity index (χ0) is 21.1. The number of amides is 1. The Morgan fingerprint density at radius 1 is 1.03 bits per heavy atom. The number of aryl methyl sites for hydroxylation is 1. The summed E-state index contributed by atoms with van der Waals surface area (Å²) in [5.74, 6) is 0.562. The summed E-state index contributed by atoms with van der Waals surface area (Å²) in [5.41, 5.74) is 10.9. The minimum atomic E-state index is -1.10. The van der Waals surface area contributed by atoms with Gasteiger partial charge in [0.05, 0.1) is 0 Å². The quantitative estimate of drug-likeness (QED) is 0.382. The molecule has 30 heavy (non-hydrogen) atoms. The molecule has 1 amide bonds. The second-order valence-corrected chi connectivity index (χ2v) is 8.03. The number of fused-ring (bicyclic) bond motifs is 3. The lowest BCUT2D eigenvalue weighted by atomic mass is 9.59. The molecule has 0 aromatic heterocycles. The van der Waals surface area contributed by atoms with Crippen LogP contribution in [0.2, 0.25) is 0 Å². The van der Waals surface area contributed by atoms with Crippen LogP contribution in [0, 0.1) is 0 Å². The average Bonchev–Trinajstić information content (AvgIpc) is 2.72. The van der Waals surface area contributed by atoms with Crippen LogP contribution in [-0.4, -0.2) is 28.0 Å². The van der Waals surface area contributed by atoms with Crippen LogP contribution in [-0.2, 0) is 18.3 Å². The van der Waals surface area contributed by atoms with E-state index >= 15 is 0 Å². The largest absolute Gasteiger partial charge is 0.508 e. The molecule has 0 radical (unpaired) electrons. The fourth-order valence-electron chi connectivity index (χ4n) is 4.82. The molecule has 6 heteroatoms. The molecule has 5 N–H and O–H groups in total. The third-order valence-electron chi connectivity index (χ3n) is 6.19. The van der Waals surface area contributed by atoms with Crippen LogP contribution in [0.15, 0.2) is 65.8 Å². The molecule has 0 spiro atoms. The summed E-state index contributed by atoms with van der Waals surface area (Å²) >= 11 is 0. The first-order chi connectivity index (χ1) is 14.5. The van der Waals surface area contributed by atoms with Crippen molar-refractivity contribution in [2.45, 2.75) is 37.5 Å². The normalized spacial score (nSPS) is 21.5. The molecule has 2 aromatic rings. The molecule has 0 saturated heterocycles. The molecule has 0 bridgehead atoms. The van der Waals surface area contributed by atoms with Gasteiger partial charge in [0.1, 0.15) is 11.5 Å². The number of hydrazine groups is 1. The molecule has 0 saturated carbocycles. The Hall–Kier alpha value is -3.25. The minimum Gasteiger partial charge on any atom is -0.508 e. The van der Waals surface area contributed by atoms with E-state index in [1.54, 1.807) is 18.2 Å². The van der Waals surface area contributed by atoms with Crippen LogP contribution in [0.3, 0.4) is 0 Å². The topological polar surface area (TPSA) is 102 Å². The van der Waals surface area contributed by atoms with E-state index in [1.807, 2.05) is 24.3 Å². The first-order valence-electron chi connectivity index (χ1n) is 10.2. The Balaban J connectivity index is 1.68. The highest BCUT2D eigenvalue weighted by Gasteiger charge is 2.42. The molecule has 0 aliphatic heterocycles. The Bertz CT molecular complexity index is 1010. The standard InChI is InChI=1S/C24H26N2O4/c27-20-5-1-17(2-6-20)15-24-11-9-16(10-12-25-26-23(29)30)13-19(24)4-3-18-14-21(28)7-8-22(18)24/h1-2,5-8,10,13-14,25-28H,3-4,9,11-12,15H2,(H,29,30). The van der Waals surface area contributed by atoms with Gasteiger partial charge >= 0.3 is 6.09 Å². The molecule has 2 aromatic carbocycles. The second kappa shape index (κ2) is 8.24. The summed E-state index contributed by atoms with van der Waals surface area (Å²) in [4.78, 5) is 10.6. The minimum absolute atomic E-state index is 0.137. The van der Waals surface area contributed by atoms with Crippen LogP contribution in [0.25, 0.3) is 0 Å². The van der Waals surface area contributed by atoms with Crippen LogP contribution in [0.4, 0.5) is 4.79 Å². The number of phenols is 2. The Kier molecular flexibility index (Phi) is 5.50. The van der Waals surface area contributed by atoms with E-state index in [0.29, 0.717) is 12.3 Å². The molecule has 1 unspecified atom stereocenters. The maximum absolute atomic E-state index is 10.6. The third-order valence-corrected chi connectivity index (χ3v) is 6.19. The number of phenolic OH excluding ortho intramolecular Hbond substituents is 2. The summed E-state index contributed by atoms with van der Waals surface area (Å²) in [7, 11) is 0. The van der Waals surface area contributed by atoms with Gasteiger partial charge in [-0.25, -0.2) is 10.2 Å². The number of rotatable bonds is 5. The van der Waals surface area contributed by atoms with Gasteiger partial charge in [-0.2, -0.15) is 0 Å². The van der Waals surface area contributed by atoms with Gasteiger partial charge in [-0.1, -0.05) is 41.5 Å². The van der Waals surface area contributed by atoms with Crippen LogP contribution in [0.5, 0.6) is 11.5 Å². The fraction of sp³-hybridized carbons (Fsp3) is 0.292. The van der Waals surface area contributed by atoms with Crippen molar-refractivity contribution in [3.05, 3.63) is 82.5 Å². The average molecular weight is 406 g/mol. The van der Waals surface area contributed by atoms with Crippen LogP contribution >= 0.6 is 0 Å². The molecule has 2 aliphatic carbocycles. The number of carbonyl (C=O) groups is 1. The monoisotopic (exact) mass is 406 g/mol. The first-order valence-corrected chi connectivity index (χ1v) is 10.2. The zero-order valence-electron chi connectivity index (χ0n) is 16.7. The van der Waals surface area contributed by atoms with Crippen molar-refractivity contribution >= 4 is 6.09 Å². The Morgan fingerprint density at radius 2 is 1.80 bits per heavy atom. The molecular formula is C24H26N2O4. The smallest absolute Gasteiger partial charge is 0.419 e. The van der Waals surface area contributed by atoms with E-state index < -0.39 is 6.09 Å². The van der Waals surface area contributed by atoms with Crippen molar-refractivity contribution in [2.75, 3.05) is 6.54 Å². The predicted molar refractivity (Wildman–Crippen MR) is 114 cm³/mol. The lowest BCUT2D eigenvalue weighted by Crippen LogP contribution is -2.38. The van der Waals surface area contributed by atoms with E-state index in [-0.39, 0.29) is 11.2 Å². The number of carboxylic acid groups (broad SMARTS) is 1. The van der Waals surface area contributed by atoms with Crippen molar-refractivity contribution < 1.29 is 20.1 Å². The number of hydrogen-bond acceptors (Lipinski definition) is 4. The number of benzene rings is 2. The van der Waals surface area contributed by atoms with E-state index in [9.17, 15) is 15.0 Å². The molecule has 4 rings (SSSR count). The van der Waals surface area contributed by atoms with Crippen LogP contribution in [0.1, 0.15) is 36.0 Å². The maximum atomic E-state index is 10.6. The number of aromatic hydroxyl groups is 2. The molecule has 0 fully saturated rings. The molecule has 6 nitrogen and oxygen atoms in total. The van der Waals surface area contributed by atoms with Crippen molar-refractivity contribution in [1.82, 2.24) is 10.9 Å². The highest BCUT2D eigenvalue weighted by molar-refractivity contribution is 5.63. The van der Waals surface area contributed by atoms with Crippen LogP contribution < -0.4 is 10.9 Å². The van der Waals surface area contributed by atoms with Crippen molar-refractivity contribution in [1.29, 1.82) is 0 Å². The second-order valence-electron chi connectivity index (χ2n) is 8.03. The molecule has 1 atom stereocenters. The molecule has 156 valence electrons. The Labute approximate surface area is 175 Å². The number of allylic oxidation sites excluding steroid dienone is 3. The van der Waals surface area contributed by atoms with Gasteiger partial charge in [-0.15, -0.1) is 0 Å². The summed E-state index contributed by atoms with van der Waals surface area (Å²) in [5, 5.41) is 28.3. The van der Waals surface area contributed by atoms with E-state index in [1.165, 1.54) is 27.8 Å². The summed E-state index contributed by atoms with van der Waals surface area (Å²) in [6.07, 6.45) is 7.67. The highest BCUT2D eigenvalue weighted by atomic mass is 16.4. The Morgan fingerprint density at radius 3 is 2.57 bits per heavy atom. The van der Waals surface area contributed by atoms with Gasteiger partial charge < -0.3 is 15.3 Å². The van der Waals surface area contributed by atoms with Gasteiger partial charge in [0.15, 0.2) is 0 Å². The number of hydrogen-bond donors (Lipinski definition) is 5. The van der Waals surface area contributed by atoms with Gasteiger partial charge in [0.2, 0.25) is 0 Å². The van der Waals surface area contributed by atoms with Crippen molar-refractivity contribution in [3.8, 4) is 11.5 Å². The predicted octanol–water partition coefficient (Wildman–Crippen LogP) is 3.94. The SMILES string of the molecule is O=C(O)NNCC=C1C=C2CCc3cc(O)ccc3C2(Cc2ccc(O)cc2)CC1. The molecule has 0 heterocycles. The van der Waals surface area contributed by atoms with Gasteiger partial charge in [-0.05, 0) is 73.1 Å². The molecule has 2 aliphatic rings. The maximum Gasteiger partial charge on any atom is 0.419 e. The van der Waals surface area contributed by atoms with E-state index in [4.69, 9.17) is 5.11 Å². The van der Waals surface area contributed by atoms with Crippen molar-refractivity contribution in [2.24, 2.45) is 0 Å². The molecular weight excluding hydrogens is 380 g/mol. The highest BCUT2D eigenvalue weighted by Crippen LogP contribution is 2.50. The van der Waals surface area contributed by atoms with Crippen molar-refractivity contribution in [3.63, 3.8) is 0 Å². The van der Waals surface area contributed by atoms with E-state index in [0.717, 1.165) is 32.1 Å². The summed E-state index contributed by atoms with van der Waals surface area (Å²) in [6.45, 7) is 0.431. The first kappa shape index (κ1) is 20.0. The van der Waals surface area contributed by atoms with Gasteiger partial charge in [0.25, 0.3) is 0 Å². The summed E-state index contributed by atoms with van der Waals surface area (Å²) < 4.78 is 0. The van der Waals surface area contributed by atoms with Gasteiger partial charge in [0, 0.05) is 12.0 Å². The zero-order valence-corrected chi connectivity index (χ0v) is 16.7.